The second kappa shape index (κ2) is 7.81. The Morgan fingerprint density at radius 3 is 2.79 bits per heavy atom. The Morgan fingerprint density at radius 1 is 1.29 bits per heavy atom. The summed E-state index contributed by atoms with van der Waals surface area (Å²) in [7, 11) is 0. The highest BCUT2D eigenvalue weighted by molar-refractivity contribution is 7.14. The number of aryl methyl sites for hydroxylation is 2. The van der Waals surface area contributed by atoms with Crippen molar-refractivity contribution in [1.82, 2.24) is 0 Å². The summed E-state index contributed by atoms with van der Waals surface area (Å²) in [6.45, 7) is 7.42. The van der Waals surface area contributed by atoms with Crippen molar-refractivity contribution in [1.29, 1.82) is 0 Å². The predicted molar refractivity (Wildman–Crippen MR) is 100 cm³/mol. The summed E-state index contributed by atoms with van der Waals surface area (Å²) in [5.74, 6) is -0.0221. The average molecular weight is 344 g/mol. The highest BCUT2D eigenvalue weighted by Gasteiger charge is 2.17. The third-order valence-electron chi connectivity index (χ3n) is 4.27. The van der Waals surface area contributed by atoms with Gasteiger partial charge in [-0.1, -0.05) is 25.5 Å². The molecule has 5 heteroatoms. The predicted octanol–water partition coefficient (Wildman–Crippen LogP) is 4.10. The maximum atomic E-state index is 12.7. The van der Waals surface area contributed by atoms with Crippen molar-refractivity contribution in [3.8, 4) is 0 Å². The molecule has 3 rings (SSSR count). The number of hydrogen-bond acceptors (Lipinski definition) is 4. The van der Waals surface area contributed by atoms with Crippen molar-refractivity contribution in [3.63, 3.8) is 0 Å². The van der Waals surface area contributed by atoms with Crippen LogP contribution in [0.2, 0.25) is 0 Å². The lowest BCUT2D eigenvalue weighted by Gasteiger charge is -2.30. The zero-order valence-corrected chi connectivity index (χ0v) is 15.1. The summed E-state index contributed by atoms with van der Waals surface area (Å²) < 4.78 is 5.42. The molecule has 2 heterocycles. The Kier molecular flexibility index (Phi) is 5.53. The Labute approximate surface area is 147 Å². The molecule has 0 bridgehead atoms. The standard InChI is InChI=1S/C19H24N2O2S/c1-3-6-15-13-18(24-14(15)2)19(22)20-16-7-4-5-8-17(16)21-9-11-23-12-10-21/h4-5,7-8,13H,3,6,9-12H2,1-2H3,(H,20,22). The molecule has 0 unspecified atom stereocenters. The van der Waals surface area contributed by atoms with Crippen LogP contribution < -0.4 is 10.2 Å². The lowest BCUT2D eigenvalue weighted by Crippen LogP contribution is -2.36. The second-order valence-electron chi connectivity index (χ2n) is 6.01. The van der Waals surface area contributed by atoms with Crippen molar-refractivity contribution in [3.05, 3.63) is 45.6 Å². The molecule has 1 aliphatic rings. The maximum Gasteiger partial charge on any atom is 0.265 e. The van der Waals surface area contributed by atoms with E-state index in [9.17, 15) is 4.79 Å². The Bertz CT molecular complexity index is 705. The molecule has 0 spiro atoms. The van der Waals surface area contributed by atoms with E-state index in [-0.39, 0.29) is 5.91 Å². The van der Waals surface area contributed by atoms with E-state index in [2.05, 4.69) is 30.1 Å². The summed E-state index contributed by atoms with van der Waals surface area (Å²) >= 11 is 1.58. The van der Waals surface area contributed by atoms with E-state index in [4.69, 9.17) is 4.74 Å². The molecular formula is C19H24N2O2S. The minimum atomic E-state index is -0.0221. The van der Waals surface area contributed by atoms with Crippen LogP contribution in [0.15, 0.2) is 30.3 Å². The number of ether oxygens (including phenoxy) is 1. The van der Waals surface area contributed by atoms with E-state index in [0.29, 0.717) is 0 Å². The van der Waals surface area contributed by atoms with Crippen LogP contribution in [0.5, 0.6) is 0 Å². The van der Waals surface area contributed by atoms with Gasteiger partial charge in [-0.15, -0.1) is 11.3 Å². The number of thiophene rings is 1. The van der Waals surface area contributed by atoms with Gasteiger partial charge in [0.05, 0.1) is 29.5 Å². The first-order chi connectivity index (χ1) is 11.7. The monoisotopic (exact) mass is 344 g/mol. The summed E-state index contributed by atoms with van der Waals surface area (Å²) in [6.07, 6.45) is 2.12. The summed E-state index contributed by atoms with van der Waals surface area (Å²) in [5.41, 5.74) is 3.22. The topological polar surface area (TPSA) is 41.6 Å². The molecule has 128 valence electrons. The van der Waals surface area contributed by atoms with Crippen LogP contribution in [0.4, 0.5) is 11.4 Å². The molecule has 2 aromatic rings. The first-order valence-electron chi connectivity index (χ1n) is 8.51. The van der Waals surface area contributed by atoms with Crippen LogP contribution in [0, 0.1) is 6.92 Å². The van der Waals surface area contributed by atoms with Gasteiger partial charge in [0, 0.05) is 18.0 Å². The fourth-order valence-corrected chi connectivity index (χ4v) is 3.96. The fraction of sp³-hybridized carbons (Fsp3) is 0.421. The summed E-state index contributed by atoms with van der Waals surface area (Å²) in [4.78, 5) is 17.0. The Morgan fingerprint density at radius 2 is 2.04 bits per heavy atom. The molecule has 1 saturated heterocycles. The van der Waals surface area contributed by atoms with Crippen LogP contribution in [0.3, 0.4) is 0 Å². The van der Waals surface area contributed by atoms with Crippen LogP contribution in [-0.4, -0.2) is 32.2 Å². The smallest absolute Gasteiger partial charge is 0.265 e. The van der Waals surface area contributed by atoms with Crippen LogP contribution in [0.25, 0.3) is 0 Å². The third-order valence-corrected chi connectivity index (χ3v) is 5.36. The molecule has 1 N–H and O–H groups in total. The SMILES string of the molecule is CCCc1cc(C(=O)Nc2ccccc2N2CCOCC2)sc1C. The van der Waals surface area contributed by atoms with E-state index in [1.54, 1.807) is 11.3 Å². The number of carbonyl (C=O) groups excluding carboxylic acids is 1. The molecule has 0 aliphatic carbocycles. The van der Waals surface area contributed by atoms with Gasteiger partial charge in [0.25, 0.3) is 5.91 Å². The Hall–Kier alpha value is -1.85. The van der Waals surface area contributed by atoms with Gasteiger partial charge in [0.15, 0.2) is 0 Å². The maximum absolute atomic E-state index is 12.7. The van der Waals surface area contributed by atoms with Crippen LogP contribution >= 0.6 is 11.3 Å². The third kappa shape index (κ3) is 3.79. The van der Waals surface area contributed by atoms with Crippen molar-refractivity contribution in [2.24, 2.45) is 0 Å². The van der Waals surface area contributed by atoms with E-state index < -0.39 is 0 Å². The number of anilines is 2. The highest BCUT2D eigenvalue weighted by atomic mass is 32.1. The molecule has 24 heavy (non-hydrogen) atoms. The van der Waals surface area contributed by atoms with Gasteiger partial charge in [0.2, 0.25) is 0 Å². The highest BCUT2D eigenvalue weighted by Crippen LogP contribution is 2.28. The van der Waals surface area contributed by atoms with Crippen LogP contribution in [0.1, 0.15) is 33.5 Å². The first kappa shape index (κ1) is 17.0. The minimum Gasteiger partial charge on any atom is -0.378 e. The molecule has 0 saturated carbocycles. The largest absolute Gasteiger partial charge is 0.378 e. The zero-order chi connectivity index (χ0) is 16.9. The van der Waals surface area contributed by atoms with E-state index in [1.165, 1.54) is 10.4 Å². The van der Waals surface area contributed by atoms with Gasteiger partial charge in [0.1, 0.15) is 0 Å². The average Bonchev–Trinajstić information content (AvgIpc) is 2.98. The van der Waals surface area contributed by atoms with Gasteiger partial charge in [-0.3, -0.25) is 4.79 Å². The lowest BCUT2D eigenvalue weighted by molar-refractivity contribution is 0.103. The fourth-order valence-electron chi connectivity index (χ4n) is 2.99. The van der Waals surface area contributed by atoms with E-state index >= 15 is 0 Å². The number of hydrogen-bond donors (Lipinski definition) is 1. The molecule has 1 aromatic carbocycles. The van der Waals surface area contributed by atoms with Crippen molar-refractivity contribution < 1.29 is 9.53 Å². The molecule has 0 radical (unpaired) electrons. The minimum absolute atomic E-state index is 0.0221. The number of morpholine rings is 1. The number of nitrogens with zero attached hydrogens (tertiary/aromatic N) is 1. The number of para-hydroxylation sites is 2. The quantitative estimate of drug-likeness (QED) is 0.888. The van der Waals surface area contributed by atoms with E-state index in [1.807, 2.05) is 24.3 Å². The van der Waals surface area contributed by atoms with Gasteiger partial charge in [-0.2, -0.15) is 0 Å². The number of carbonyl (C=O) groups is 1. The normalized spacial score (nSPS) is 14.7. The summed E-state index contributed by atoms with van der Waals surface area (Å²) in [6, 6.07) is 10.0. The van der Waals surface area contributed by atoms with Gasteiger partial charge >= 0.3 is 0 Å². The van der Waals surface area contributed by atoms with Crippen molar-refractivity contribution in [2.45, 2.75) is 26.7 Å². The lowest BCUT2D eigenvalue weighted by atomic mass is 10.1. The van der Waals surface area contributed by atoms with Crippen molar-refractivity contribution in [2.75, 3.05) is 36.5 Å². The van der Waals surface area contributed by atoms with Gasteiger partial charge in [-0.05, 0) is 37.1 Å². The molecule has 1 aliphatic heterocycles. The number of amides is 1. The number of nitrogens with one attached hydrogen (secondary N) is 1. The Balaban J connectivity index is 1.78. The molecule has 1 amide bonds. The summed E-state index contributed by atoms with van der Waals surface area (Å²) in [5, 5.41) is 3.10. The van der Waals surface area contributed by atoms with Crippen LogP contribution in [-0.2, 0) is 11.2 Å². The number of benzene rings is 1. The van der Waals surface area contributed by atoms with Gasteiger partial charge in [-0.25, -0.2) is 0 Å². The molecule has 1 fully saturated rings. The molecule has 0 atom stereocenters. The number of rotatable bonds is 5. The van der Waals surface area contributed by atoms with Crippen molar-refractivity contribution >= 4 is 28.6 Å². The first-order valence-corrected chi connectivity index (χ1v) is 9.33. The van der Waals surface area contributed by atoms with E-state index in [0.717, 1.165) is 55.4 Å². The zero-order valence-electron chi connectivity index (χ0n) is 14.3. The second-order valence-corrected chi connectivity index (χ2v) is 7.27. The molecular weight excluding hydrogens is 320 g/mol. The molecule has 4 nitrogen and oxygen atoms in total. The molecule has 1 aromatic heterocycles. The van der Waals surface area contributed by atoms with Gasteiger partial charge < -0.3 is 15.0 Å².